The SMILES string of the molecule is c1ccc(ON2P(Oc3cccc(Oc4ccccc4CCOCC4CO4)c3Oc3ccccc3CCOCC3CO3)NPN(Oc3ccccc3CCOCC3CO3)P2Oc2ccccc2CCOCC2CO2)cc1. The summed E-state index contributed by atoms with van der Waals surface area (Å²) in [5.41, 5.74) is 3.86. The molecule has 5 aliphatic rings. The molecule has 76 heavy (non-hydrogen) atoms. The van der Waals surface area contributed by atoms with Crippen molar-refractivity contribution in [2.24, 2.45) is 0 Å². The Morgan fingerprint density at radius 3 is 1.38 bits per heavy atom. The van der Waals surface area contributed by atoms with Gasteiger partial charge in [-0.2, -0.15) is 0 Å². The van der Waals surface area contributed by atoms with Crippen LogP contribution in [0.25, 0.3) is 0 Å². The first-order valence-electron chi connectivity index (χ1n) is 25.7. The van der Waals surface area contributed by atoms with E-state index >= 15 is 0 Å². The lowest BCUT2D eigenvalue weighted by atomic mass is 10.1. The number of hydrogen-bond acceptors (Lipinski definition) is 17. The zero-order chi connectivity index (χ0) is 51.1. The Hall–Kier alpha value is -5.03. The summed E-state index contributed by atoms with van der Waals surface area (Å²) in [5, 5.41) is 0. The average molecular weight is 1090 g/mol. The van der Waals surface area contributed by atoms with Gasteiger partial charge in [0, 0.05) is 4.60 Å². The molecule has 0 bridgehead atoms. The Balaban J connectivity index is 0.923. The normalized spacial score (nSPS) is 21.9. The average Bonchev–Trinajstić information content (AvgIpc) is 4.19. The fourth-order valence-corrected chi connectivity index (χ4v) is 13.5. The maximum atomic E-state index is 7.23. The second-order valence-electron chi connectivity index (χ2n) is 18.3. The first-order valence-corrected chi connectivity index (χ1v) is 29.0. The summed E-state index contributed by atoms with van der Waals surface area (Å²) >= 11 is 0. The number of rotatable bonds is 32. The van der Waals surface area contributed by atoms with Crippen molar-refractivity contribution in [2.75, 3.05) is 79.3 Å². The van der Waals surface area contributed by atoms with Crippen molar-refractivity contribution >= 4 is 25.8 Å². The second kappa shape index (κ2) is 27.0. The van der Waals surface area contributed by atoms with Gasteiger partial charge in [-0.1, -0.05) is 97.1 Å². The van der Waals surface area contributed by atoms with Crippen LogP contribution in [0.2, 0.25) is 0 Å². The number of benzene rings is 6. The summed E-state index contributed by atoms with van der Waals surface area (Å²) in [7, 11) is -4.10. The molecule has 5 aliphatic heterocycles. The molecular formula is C56H62N3O14P3. The lowest BCUT2D eigenvalue weighted by Crippen LogP contribution is -2.37. The van der Waals surface area contributed by atoms with Crippen LogP contribution in [-0.2, 0) is 63.6 Å². The van der Waals surface area contributed by atoms with Crippen molar-refractivity contribution in [2.45, 2.75) is 50.1 Å². The maximum Gasteiger partial charge on any atom is 0.332 e. The fourth-order valence-electron chi connectivity index (χ4n) is 7.86. The van der Waals surface area contributed by atoms with Gasteiger partial charge in [0.05, 0.1) is 88.2 Å². The largest absolute Gasteiger partial charge is 0.453 e. The highest BCUT2D eigenvalue weighted by atomic mass is 31.3. The Labute approximate surface area is 447 Å². The number of nitrogens with one attached hydrogen (secondary N) is 1. The molecular weight excluding hydrogens is 1030 g/mol. The van der Waals surface area contributed by atoms with E-state index in [0.717, 1.165) is 48.7 Å². The number of ether oxygens (including phenoxy) is 10. The van der Waals surface area contributed by atoms with Gasteiger partial charge in [0.1, 0.15) is 47.4 Å². The van der Waals surface area contributed by atoms with E-state index in [9.17, 15) is 0 Å². The summed E-state index contributed by atoms with van der Waals surface area (Å²) in [5.74, 6) is 4.36. The first kappa shape index (κ1) is 53.0. The molecule has 6 aromatic rings. The minimum atomic E-state index is -2.00. The number of hydrogen-bond donors (Lipinski definition) is 1. The van der Waals surface area contributed by atoms with Gasteiger partial charge in [-0.05, 0) is 101 Å². The summed E-state index contributed by atoms with van der Waals surface area (Å²) in [6, 6.07) is 47.0. The summed E-state index contributed by atoms with van der Waals surface area (Å²) in [4.78, 5) is 17.5. The Bertz CT molecular complexity index is 2770. The third kappa shape index (κ3) is 15.8. The van der Waals surface area contributed by atoms with E-state index in [1.165, 1.54) is 0 Å². The molecule has 5 fully saturated rings. The van der Waals surface area contributed by atoms with Crippen LogP contribution in [0, 0.1) is 0 Å². The second-order valence-corrected chi connectivity index (χ2v) is 23.0. The van der Waals surface area contributed by atoms with Gasteiger partial charge in [-0.15, -0.1) is 0 Å². The number of nitrogens with zero attached hydrogens (tertiary/aromatic N) is 2. The Morgan fingerprint density at radius 2 is 0.855 bits per heavy atom. The molecule has 0 radical (unpaired) electrons. The molecule has 400 valence electrons. The van der Waals surface area contributed by atoms with Crippen LogP contribution in [0.4, 0.5) is 0 Å². The van der Waals surface area contributed by atoms with Crippen molar-refractivity contribution in [1.82, 2.24) is 14.1 Å². The molecule has 7 unspecified atom stereocenters. The van der Waals surface area contributed by atoms with Crippen LogP contribution < -0.4 is 33.1 Å². The zero-order valence-corrected chi connectivity index (χ0v) is 44.8. The first-order chi connectivity index (χ1) is 37.6. The molecule has 11 rings (SSSR count). The van der Waals surface area contributed by atoms with Gasteiger partial charge in [0.15, 0.2) is 17.2 Å². The molecule has 0 amide bonds. The lowest BCUT2D eigenvalue weighted by molar-refractivity contribution is 0.0661. The predicted octanol–water partition coefficient (Wildman–Crippen LogP) is 10.7. The van der Waals surface area contributed by atoms with Gasteiger partial charge in [-0.25, -0.2) is 4.86 Å². The number of para-hydroxylation sites is 6. The molecule has 0 spiro atoms. The van der Waals surface area contributed by atoms with Gasteiger partial charge in [0.2, 0.25) is 5.75 Å². The monoisotopic (exact) mass is 1090 g/mol. The Morgan fingerprint density at radius 1 is 0.434 bits per heavy atom. The molecule has 0 aromatic heterocycles. The van der Waals surface area contributed by atoms with Crippen molar-refractivity contribution in [3.63, 3.8) is 0 Å². The van der Waals surface area contributed by atoms with Gasteiger partial charge < -0.3 is 66.1 Å². The maximum absolute atomic E-state index is 7.23. The molecule has 17 nitrogen and oxygen atoms in total. The van der Waals surface area contributed by atoms with E-state index in [0.29, 0.717) is 125 Å². The summed E-state index contributed by atoms with van der Waals surface area (Å²) in [6.07, 6.45) is 3.15. The van der Waals surface area contributed by atoms with Gasteiger partial charge in [-0.3, -0.25) is 0 Å². The molecule has 0 saturated carbocycles. The molecule has 7 atom stereocenters. The topological polar surface area (TPSA) is 161 Å². The standard InChI is InChI=1S/C56H62N3O14P3/c1-2-17-45(18-3-1)70-59-75(57-74-58(71-52-21-10-6-15-43(52)27-31-62-35-48-39-66-48)76(59)73-53-22-11-7-16-44(53)28-32-63-36-49-40-67-49)72-55-24-12-23-54(68-50-19-8-4-13-41(50)25-29-60-33-46-37-64-46)56(55)69-51-20-9-5-14-42(51)26-30-61-34-47-38-65-47/h1-24,46-49,57,74H,25-40H2. The third-order valence-corrected chi connectivity index (χ3v) is 17.4. The lowest BCUT2D eigenvalue weighted by Gasteiger charge is -2.42. The van der Waals surface area contributed by atoms with Crippen LogP contribution >= 0.6 is 25.8 Å². The van der Waals surface area contributed by atoms with Crippen LogP contribution in [-0.4, -0.2) is 113 Å². The summed E-state index contributed by atoms with van der Waals surface area (Å²) in [6.45, 7) is 7.18. The smallest absolute Gasteiger partial charge is 0.332 e. The molecule has 5 heterocycles. The van der Waals surface area contributed by atoms with Crippen LogP contribution in [0.1, 0.15) is 22.3 Å². The van der Waals surface area contributed by atoms with E-state index in [2.05, 4.69) is 10.9 Å². The zero-order valence-electron chi connectivity index (χ0n) is 42.0. The van der Waals surface area contributed by atoms with E-state index in [1.807, 2.05) is 140 Å². The van der Waals surface area contributed by atoms with Gasteiger partial charge >= 0.3 is 8.45 Å². The highest BCUT2D eigenvalue weighted by Gasteiger charge is 2.47. The van der Waals surface area contributed by atoms with Crippen molar-refractivity contribution in [1.29, 1.82) is 0 Å². The molecule has 5 saturated heterocycles. The van der Waals surface area contributed by atoms with E-state index < -0.39 is 16.9 Å². The van der Waals surface area contributed by atoms with Crippen molar-refractivity contribution < 1.29 is 66.1 Å². The number of epoxide rings is 4. The molecule has 1 N–H and O–H groups in total. The molecule has 20 heteroatoms. The highest BCUT2D eigenvalue weighted by molar-refractivity contribution is 7.74. The minimum absolute atomic E-state index is 0.162. The fraction of sp³-hybridized carbons (Fsp3) is 0.357. The van der Waals surface area contributed by atoms with Crippen LogP contribution in [0.5, 0.6) is 46.0 Å². The third-order valence-electron chi connectivity index (χ3n) is 12.3. The molecule has 0 aliphatic carbocycles. The van der Waals surface area contributed by atoms with Crippen molar-refractivity contribution in [3.05, 3.63) is 168 Å². The summed E-state index contributed by atoms with van der Waals surface area (Å²) < 4.78 is 77.3. The highest BCUT2D eigenvalue weighted by Crippen LogP contribution is 2.67. The van der Waals surface area contributed by atoms with Crippen LogP contribution in [0.15, 0.2) is 146 Å². The molecule has 6 aromatic carbocycles. The van der Waals surface area contributed by atoms with E-state index in [4.69, 9.17) is 66.1 Å². The predicted molar refractivity (Wildman–Crippen MR) is 287 cm³/mol. The van der Waals surface area contributed by atoms with Crippen LogP contribution in [0.3, 0.4) is 0 Å². The minimum Gasteiger partial charge on any atom is -0.453 e. The van der Waals surface area contributed by atoms with E-state index in [1.54, 1.807) is 9.21 Å². The quantitative estimate of drug-likeness (QED) is 0.0241. The van der Waals surface area contributed by atoms with Crippen molar-refractivity contribution in [3.8, 4) is 46.0 Å². The van der Waals surface area contributed by atoms with E-state index in [-0.39, 0.29) is 33.3 Å². The van der Waals surface area contributed by atoms with Gasteiger partial charge in [0.25, 0.3) is 8.45 Å². The Kier molecular flexibility index (Phi) is 18.8.